The van der Waals surface area contributed by atoms with Crippen LogP contribution in [0.2, 0.25) is 5.02 Å². The summed E-state index contributed by atoms with van der Waals surface area (Å²) in [5.41, 5.74) is -0.272. The Morgan fingerprint density at radius 3 is 2.75 bits per heavy atom. The van der Waals surface area contributed by atoms with E-state index in [9.17, 15) is 13.2 Å². The van der Waals surface area contributed by atoms with Crippen molar-refractivity contribution in [2.75, 3.05) is 18.4 Å². The van der Waals surface area contributed by atoms with Gasteiger partial charge in [0.2, 0.25) is 0 Å². The Balaban J connectivity index is 1.78. The van der Waals surface area contributed by atoms with Gasteiger partial charge in [0, 0.05) is 24.3 Å². The summed E-state index contributed by atoms with van der Waals surface area (Å²) in [7, 11) is 0. The quantitative estimate of drug-likeness (QED) is 0.888. The first-order valence-corrected chi connectivity index (χ1v) is 7.20. The molecule has 0 aliphatic carbocycles. The van der Waals surface area contributed by atoms with Gasteiger partial charge in [0.25, 0.3) is 0 Å². The van der Waals surface area contributed by atoms with Crippen LogP contribution in [0, 0.1) is 0 Å². The number of benzene rings is 1. The van der Waals surface area contributed by atoms with E-state index < -0.39 is 11.7 Å². The third-order valence-corrected chi connectivity index (χ3v) is 4.56. The zero-order valence-electron chi connectivity index (χ0n) is 10.9. The van der Waals surface area contributed by atoms with Gasteiger partial charge in [0.15, 0.2) is 0 Å². The number of nitrogens with one attached hydrogen (secondary N) is 1. The molecule has 2 unspecified atom stereocenters. The van der Waals surface area contributed by atoms with Gasteiger partial charge >= 0.3 is 6.18 Å². The largest absolute Gasteiger partial charge is 0.417 e. The minimum Gasteiger partial charge on any atom is -0.381 e. The first-order valence-electron chi connectivity index (χ1n) is 6.82. The Morgan fingerprint density at radius 2 is 2.00 bits per heavy atom. The average Bonchev–Trinajstić information content (AvgIpc) is 2.95. The van der Waals surface area contributed by atoms with Crippen LogP contribution in [0.3, 0.4) is 0 Å². The lowest BCUT2D eigenvalue weighted by Gasteiger charge is -2.23. The fourth-order valence-corrected chi connectivity index (χ4v) is 3.52. The Labute approximate surface area is 120 Å². The van der Waals surface area contributed by atoms with E-state index in [2.05, 4.69) is 10.2 Å². The lowest BCUT2D eigenvalue weighted by Crippen LogP contribution is -2.33. The first-order chi connectivity index (χ1) is 9.45. The summed E-state index contributed by atoms with van der Waals surface area (Å²) in [5.74, 6) is 0. The summed E-state index contributed by atoms with van der Waals surface area (Å²) < 4.78 is 38.5. The molecule has 110 valence electrons. The SMILES string of the molecule is FC(F)(F)c1cc(NC2CCN3CCCC23)ccc1Cl. The van der Waals surface area contributed by atoms with Gasteiger partial charge < -0.3 is 5.32 Å². The molecule has 0 saturated carbocycles. The molecule has 20 heavy (non-hydrogen) atoms. The summed E-state index contributed by atoms with van der Waals surface area (Å²) in [6.45, 7) is 2.14. The lowest BCUT2D eigenvalue weighted by atomic mass is 10.1. The second-order valence-electron chi connectivity index (χ2n) is 5.48. The van der Waals surface area contributed by atoms with E-state index in [-0.39, 0.29) is 11.1 Å². The van der Waals surface area contributed by atoms with Crippen LogP contribution in [0.1, 0.15) is 24.8 Å². The lowest BCUT2D eigenvalue weighted by molar-refractivity contribution is -0.137. The number of halogens is 4. The standard InChI is InChI=1S/C14H16ClF3N2/c15-11-4-3-9(8-10(11)14(16,17)18)19-12-5-7-20-6-1-2-13(12)20/h3-4,8,12-13,19H,1-2,5-7H2. The summed E-state index contributed by atoms with van der Waals surface area (Å²) in [6.07, 6.45) is -1.13. The molecule has 3 rings (SSSR count). The third kappa shape index (κ3) is 2.61. The van der Waals surface area contributed by atoms with Crippen molar-refractivity contribution in [2.45, 2.75) is 37.5 Å². The molecule has 2 aliphatic rings. The smallest absolute Gasteiger partial charge is 0.381 e. The van der Waals surface area contributed by atoms with Crippen LogP contribution < -0.4 is 5.32 Å². The van der Waals surface area contributed by atoms with Gasteiger partial charge in [-0.05, 0) is 44.0 Å². The summed E-state index contributed by atoms with van der Waals surface area (Å²) >= 11 is 5.63. The van der Waals surface area contributed by atoms with Crippen molar-refractivity contribution >= 4 is 17.3 Å². The zero-order chi connectivity index (χ0) is 14.3. The van der Waals surface area contributed by atoms with E-state index in [0.717, 1.165) is 32.0 Å². The Bertz CT molecular complexity index is 504. The van der Waals surface area contributed by atoms with Crippen molar-refractivity contribution < 1.29 is 13.2 Å². The Hall–Kier alpha value is -0.940. The highest BCUT2D eigenvalue weighted by Crippen LogP contribution is 2.37. The van der Waals surface area contributed by atoms with E-state index >= 15 is 0 Å². The van der Waals surface area contributed by atoms with Crippen molar-refractivity contribution in [2.24, 2.45) is 0 Å². The number of hydrogen-bond donors (Lipinski definition) is 1. The number of hydrogen-bond acceptors (Lipinski definition) is 2. The molecule has 2 heterocycles. The molecule has 1 N–H and O–H groups in total. The topological polar surface area (TPSA) is 15.3 Å². The first kappa shape index (κ1) is 14.0. The molecule has 0 radical (unpaired) electrons. The van der Waals surface area contributed by atoms with Crippen LogP contribution in [0.25, 0.3) is 0 Å². The van der Waals surface area contributed by atoms with Gasteiger partial charge in [-0.3, -0.25) is 4.90 Å². The van der Waals surface area contributed by atoms with Gasteiger partial charge in [-0.1, -0.05) is 11.6 Å². The van der Waals surface area contributed by atoms with E-state index in [1.807, 2.05) is 0 Å². The summed E-state index contributed by atoms with van der Waals surface area (Å²) in [5, 5.41) is 3.00. The van der Waals surface area contributed by atoms with Crippen molar-refractivity contribution in [3.63, 3.8) is 0 Å². The summed E-state index contributed by atoms with van der Waals surface area (Å²) in [4.78, 5) is 2.41. The molecule has 0 bridgehead atoms. The average molecular weight is 305 g/mol. The molecule has 2 aliphatic heterocycles. The highest BCUT2D eigenvalue weighted by atomic mass is 35.5. The van der Waals surface area contributed by atoms with Gasteiger partial charge in [0.1, 0.15) is 0 Å². The second-order valence-corrected chi connectivity index (χ2v) is 5.88. The number of anilines is 1. The maximum atomic E-state index is 12.8. The van der Waals surface area contributed by atoms with E-state index in [1.165, 1.54) is 12.5 Å². The summed E-state index contributed by atoms with van der Waals surface area (Å²) in [6, 6.07) is 4.74. The molecule has 1 aromatic rings. The van der Waals surface area contributed by atoms with Crippen molar-refractivity contribution in [1.29, 1.82) is 0 Å². The molecule has 0 spiro atoms. The van der Waals surface area contributed by atoms with Crippen molar-refractivity contribution in [1.82, 2.24) is 4.90 Å². The van der Waals surface area contributed by atoms with Gasteiger partial charge in [0.05, 0.1) is 10.6 Å². The van der Waals surface area contributed by atoms with Crippen LogP contribution in [0.5, 0.6) is 0 Å². The van der Waals surface area contributed by atoms with Crippen LogP contribution in [0.15, 0.2) is 18.2 Å². The molecule has 2 fully saturated rings. The van der Waals surface area contributed by atoms with Crippen LogP contribution >= 0.6 is 11.6 Å². The number of fused-ring (bicyclic) bond motifs is 1. The Morgan fingerprint density at radius 1 is 1.20 bits per heavy atom. The molecule has 2 nitrogen and oxygen atoms in total. The maximum Gasteiger partial charge on any atom is 0.417 e. The van der Waals surface area contributed by atoms with Crippen LogP contribution in [0.4, 0.5) is 18.9 Å². The highest BCUT2D eigenvalue weighted by Gasteiger charge is 2.38. The highest BCUT2D eigenvalue weighted by molar-refractivity contribution is 6.31. The fraction of sp³-hybridized carbons (Fsp3) is 0.571. The predicted octanol–water partition coefficient (Wildman–Crippen LogP) is 4.01. The number of nitrogens with zero attached hydrogens (tertiary/aromatic N) is 1. The minimum atomic E-state index is -4.41. The van der Waals surface area contributed by atoms with Gasteiger partial charge in [-0.15, -0.1) is 0 Å². The van der Waals surface area contributed by atoms with Crippen molar-refractivity contribution in [3.05, 3.63) is 28.8 Å². The molecule has 2 saturated heterocycles. The van der Waals surface area contributed by atoms with E-state index in [1.54, 1.807) is 6.07 Å². The number of alkyl halides is 3. The molecule has 6 heteroatoms. The number of rotatable bonds is 2. The Kier molecular flexibility index (Phi) is 3.58. The molecular weight excluding hydrogens is 289 g/mol. The molecule has 0 amide bonds. The monoisotopic (exact) mass is 304 g/mol. The van der Waals surface area contributed by atoms with E-state index in [0.29, 0.717) is 11.7 Å². The van der Waals surface area contributed by atoms with Gasteiger partial charge in [-0.2, -0.15) is 13.2 Å². The third-order valence-electron chi connectivity index (χ3n) is 4.23. The molecule has 1 aromatic carbocycles. The van der Waals surface area contributed by atoms with E-state index in [4.69, 9.17) is 11.6 Å². The van der Waals surface area contributed by atoms with Crippen LogP contribution in [-0.4, -0.2) is 30.1 Å². The zero-order valence-corrected chi connectivity index (χ0v) is 11.6. The molecule has 0 aromatic heterocycles. The molecule has 2 atom stereocenters. The second kappa shape index (κ2) is 5.11. The maximum absolute atomic E-state index is 12.8. The van der Waals surface area contributed by atoms with Crippen molar-refractivity contribution in [3.8, 4) is 0 Å². The van der Waals surface area contributed by atoms with Crippen LogP contribution in [-0.2, 0) is 6.18 Å². The molecular formula is C14H16ClF3N2. The van der Waals surface area contributed by atoms with Gasteiger partial charge in [-0.25, -0.2) is 0 Å². The normalized spacial score (nSPS) is 26.8. The minimum absolute atomic E-state index is 0.236. The fourth-order valence-electron chi connectivity index (χ4n) is 3.30. The predicted molar refractivity (Wildman–Crippen MR) is 73.1 cm³/mol.